The van der Waals surface area contributed by atoms with Crippen LogP contribution in [0.4, 0.5) is 0 Å². The van der Waals surface area contributed by atoms with Crippen molar-refractivity contribution in [3.63, 3.8) is 0 Å². The number of nitrogens with one attached hydrogen (secondary N) is 1. The number of carboxylic acids is 1. The Hall–Kier alpha value is -2.41. The van der Waals surface area contributed by atoms with Crippen molar-refractivity contribution in [3.8, 4) is 0 Å². The molecule has 2 rings (SSSR count). The number of primary amides is 1. The van der Waals surface area contributed by atoms with Gasteiger partial charge in [0.2, 0.25) is 5.91 Å². The zero-order chi connectivity index (χ0) is 15.4. The van der Waals surface area contributed by atoms with E-state index in [1.807, 2.05) is 0 Å². The fraction of sp³-hybridized carbons (Fsp3) is 0.357. The van der Waals surface area contributed by atoms with E-state index in [2.05, 4.69) is 5.32 Å². The molecule has 1 heterocycles. The van der Waals surface area contributed by atoms with Gasteiger partial charge in [0, 0.05) is 12.0 Å². The van der Waals surface area contributed by atoms with Crippen molar-refractivity contribution in [3.05, 3.63) is 34.9 Å². The van der Waals surface area contributed by atoms with Crippen LogP contribution >= 0.6 is 0 Å². The minimum absolute atomic E-state index is 0.0372. The van der Waals surface area contributed by atoms with Crippen LogP contribution in [0.1, 0.15) is 34.3 Å². The number of amides is 2. The molecule has 0 unspecified atom stereocenters. The summed E-state index contributed by atoms with van der Waals surface area (Å²) < 4.78 is 5.26. The second-order valence-corrected chi connectivity index (χ2v) is 4.85. The lowest BCUT2D eigenvalue weighted by Crippen LogP contribution is -2.41. The Bertz CT molecular complexity index is 585. The number of benzene rings is 1. The summed E-state index contributed by atoms with van der Waals surface area (Å²) in [6.07, 6.45) is -0.139. The highest BCUT2D eigenvalue weighted by Gasteiger charge is 2.22. The molecule has 112 valence electrons. The number of ether oxygens (including phenoxy) is 1. The molecule has 0 bridgehead atoms. The first kappa shape index (κ1) is 15.0. The average molecular weight is 292 g/mol. The summed E-state index contributed by atoms with van der Waals surface area (Å²) in [4.78, 5) is 33.9. The Labute approximate surface area is 121 Å². The fourth-order valence-electron chi connectivity index (χ4n) is 2.10. The van der Waals surface area contributed by atoms with Crippen LogP contribution in [0.25, 0.3) is 0 Å². The summed E-state index contributed by atoms with van der Waals surface area (Å²) in [5.74, 6) is -2.30. The molecule has 0 spiro atoms. The highest BCUT2D eigenvalue weighted by Crippen LogP contribution is 2.20. The minimum atomic E-state index is -1.20. The van der Waals surface area contributed by atoms with Gasteiger partial charge in [-0.05, 0) is 29.7 Å². The number of carboxylic acid groups (broad SMARTS) is 1. The Morgan fingerprint density at radius 1 is 1.29 bits per heavy atom. The first-order valence-electron chi connectivity index (χ1n) is 6.49. The molecular weight excluding hydrogens is 276 g/mol. The van der Waals surface area contributed by atoms with Gasteiger partial charge in [0.15, 0.2) is 0 Å². The topological polar surface area (TPSA) is 119 Å². The molecule has 0 saturated heterocycles. The van der Waals surface area contributed by atoms with Crippen LogP contribution in [0.15, 0.2) is 18.2 Å². The lowest BCUT2D eigenvalue weighted by molar-refractivity contribution is -0.139. The van der Waals surface area contributed by atoms with Crippen molar-refractivity contribution in [2.24, 2.45) is 5.73 Å². The highest BCUT2D eigenvalue weighted by molar-refractivity contribution is 5.97. The number of carbonyl (C=O) groups is 3. The molecule has 1 aliphatic heterocycles. The van der Waals surface area contributed by atoms with Crippen molar-refractivity contribution in [1.82, 2.24) is 5.32 Å². The van der Waals surface area contributed by atoms with Gasteiger partial charge in [-0.2, -0.15) is 0 Å². The molecule has 21 heavy (non-hydrogen) atoms. The Morgan fingerprint density at radius 3 is 2.67 bits per heavy atom. The molecular formula is C14H16N2O5. The zero-order valence-corrected chi connectivity index (χ0v) is 11.3. The van der Waals surface area contributed by atoms with Crippen molar-refractivity contribution < 1.29 is 24.2 Å². The summed E-state index contributed by atoms with van der Waals surface area (Å²) in [6.45, 7) is 0.966. The SMILES string of the molecule is NC(=O)CC[C@H](NC(=O)c1ccc2c(c1)COC2)C(=O)O. The second-order valence-electron chi connectivity index (χ2n) is 4.85. The van der Waals surface area contributed by atoms with Gasteiger partial charge in [-0.25, -0.2) is 4.79 Å². The summed E-state index contributed by atoms with van der Waals surface area (Å²) in [5, 5.41) is 11.4. The van der Waals surface area contributed by atoms with Crippen molar-refractivity contribution in [2.75, 3.05) is 0 Å². The molecule has 4 N–H and O–H groups in total. The van der Waals surface area contributed by atoms with Gasteiger partial charge < -0.3 is 20.9 Å². The summed E-state index contributed by atoms with van der Waals surface area (Å²) in [5.41, 5.74) is 7.30. The summed E-state index contributed by atoms with van der Waals surface area (Å²) in [7, 11) is 0. The molecule has 1 atom stereocenters. The van der Waals surface area contributed by atoms with Gasteiger partial charge >= 0.3 is 5.97 Å². The second kappa shape index (κ2) is 6.36. The quantitative estimate of drug-likeness (QED) is 0.690. The molecule has 7 heteroatoms. The summed E-state index contributed by atoms with van der Waals surface area (Å²) in [6, 6.07) is 3.95. The van der Waals surface area contributed by atoms with Gasteiger partial charge in [-0.3, -0.25) is 9.59 Å². The molecule has 1 aliphatic rings. The maximum atomic E-state index is 12.1. The van der Waals surface area contributed by atoms with Crippen LogP contribution in [0.3, 0.4) is 0 Å². The third kappa shape index (κ3) is 3.79. The predicted molar refractivity (Wildman–Crippen MR) is 72.3 cm³/mol. The van der Waals surface area contributed by atoms with Crippen LogP contribution in [-0.2, 0) is 27.5 Å². The largest absolute Gasteiger partial charge is 0.480 e. The van der Waals surface area contributed by atoms with Crippen LogP contribution in [0.5, 0.6) is 0 Å². The highest BCUT2D eigenvalue weighted by atomic mass is 16.5. The molecule has 0 aromatic heterocycles. The maximum absolute atomic E-state index is 12.1. The number of aliphatic carboxylic acids is 1. The standard InChI is InChI=1S/C14H16N2O5/c15-12(17)4-3-11(14(19)20)16-13(18)8-1-2-9-6-21-7-10(9)5-8/h1-2,5,11H,3-4,6-7H2,(H2,15,17)(H,16,18)(H,19,20)/t11-/m0/s1. The van der Waals surface area contributed by atoms with Gasteiger partial charge in [-0.1, -0.05) is 6.07 Å². The van der Waals surface area contributed by atoms with E-state index in [1.54, 1.807) is 18.2 Å². The van der Waals surface area contributed by atoms with Gasteiger partial charge in [0.25, 0.3) is 5.91 Å². The molecule has 7 nitrogen and oxygen atoms in total. The van der Waals surface area contributed by atoms with E-state index >= 15 is 0 Å². The van der Waals surface area contributed by atoms with Crippen LogP contribution in [0, 0.1) is 0 Å². The van der Waals surface area contributed by atoms with Crippen molar-refractivity contribution >= 4 is 17.8 Å². The number of carbonyl (C=O) groups excluding carboxylic acids is 2. The van der Waals surface area contributed by atoms with Crippen LogP contribution < -0.4 is 11.1 Å². The monoisotopic (exact) mass is 292 g/mol. The number of hydrogen-bond acceptors (Lipinski definition) is 4. The molecule has 1 aromatic carbocycles. The molecule has 0 aliphatic carbocycles. The van der Waals surface area contributed by atoms with E-state index in [1.165, 1.54) is 0 Å². The van der Waals surface area contributed by atoms with Crippen molar-refractivity contribution in [2.45, 2.75) is 32.1 Å². The van der Waals surface area contributed by atoms with Crippen LogP contribution in [0.2, 0.25) is 0 Å². The number of rotatable bonds is 6. The smallest absolute Gasteiger partial charge is 0.326 e. The third-order valence-electron chi connectivity index (χ3n) is 3.27. The third-order valence-corrected chi connectivity index (χ3v) is 3.27. The molecule has 1 aromatic rings. The fourth-order valence-corrected chi connectivity index (χ4v) is 2.10. The molecule has 0 saturated carbocycles. The van der Waals surface area contributed by atoms with Crippen LogP contribution in [-0.4, -0.2) is 28.9 Å². The molecule has 2 amide bonds. The average Bonchev–Trinajstić information content (AvgIpc) is 2.89. The predicted octanol–water partition coefficient (Wildman–Crippen LogP) is 0.165. The lowest BCUT2D eigenvalue weighted by atomic mass is 10.1. The van der Waals surface area contributed by atoms with Gasteiger partial charge in [-0.15, -0.1) is 0 Å². The van der Waals surface area contributed by atoms with Gasteiger partial charge in [0.1, 0.15) is 6.04 Å². The zero-order valence-electron chi connectivity index (χ0n) is 11.3. The van der Waals surface area contributed by atoms with E-state index in [-0.39, 0.29) is 12.8 Å². The Balaban J connectivity index is 2.04. The number of nitrogens with two attached hydrogens (primary N) is 1. The first-order chi connectivity index (χ1) is 9.97. The summed E-state index contributed by atoms with van der Waals surface area (Å²) >= 11 is 0. The van der Waals surface area contributed by atoms with E-state index < -0.39 is 23.8 Å². The molecule has 0 fully saturated rings. The maximum Gasteiger partial charge on any atom is 0.326 e. The normalized spacial score (nSPS) is 14.3. The van der Waals surface area contributed by atoms with E-state index in [9.17, 15) is 14.4 Å². The van der Waals surface area contributed by atoms with E-state index in [0.29, 0.717) is 18.8 Å². The van der Waals surface area contributed by atoms with E-state index in [0.717, 1.165) is 11.1 Å². The lowest BCUT2D eigenvalue weighted by Gasteiger charge is -2.14. The number of hydrogen-bond donors (Lipinski definition) is 3. The van der Waals surface area contributed by atoms with Crippen molar-refractivity contribution in [1.29, 1.82) is 0 Å². The Morgan fingerprint density at radius 2 is 2.00 bits per heavy atom. The van der Waals surface area contributed by atoms with E-state index in [4.69, 9.17) is 15.6 Å². The Kier molecular flexibility index (Phi) is 4.54. The first-order valence-corrected chi connectivity index (χ1v) is 6.49. The van der Waals surface area contributed by atoms with Gasteiger partial charge in [0.05, 0.1) is 13.2 Å². The number of fused-ring (bicyclic) bond motifs is 1. The molecule has 0 radical (unpaired) electrons. The minimum Gasteiger partial charge on any atom is -0.480 e.